The molecule has 0 bridgehead atoms. The molecule has 1 unspecified atom stereocenters. The summed E-state index contributed by atoms with van der Waals surface area (Å²) in [7, 11) is -3.49. The number of ether oxygens (including phenoxy) is 2. The molecule has 0 amide bonds. The molecular formula is C14H23NO4S. The lowest BCUT2D eigenvalue weighted by atomic mass is 9.99. The number of primary sulfonamides is 1. The third-order valence-corrected chi connectivity index (χ3v) is 3.86. The van der Waals surface area contributed by atoms with Gasteiger partial charge in [-0.25, -0.2) is 13.6 Å². The molecule has 0 heterocycles. The zero-order valence-corrected chi connectivity index (χ0v) is 13.0. The van der Waals surface area contributed by atoms with Gasteiger partial charge in [-0.15, -0.1) is 0 Å². The Kier molecular flexibility index (Phi) is 6.29. The van der Waals surface area contributed by atoms with Gasteiger partial charge in [0, 0.05) is 12.0 Å². The van der Waals surface area contributed by atoms with Gasteiger partial charge in [-0.3, -0.25) is 0 Å². The Morgan fingerprint density at radius 3 is 2.30 bits per heavy atom. The van der Waals surface area contributed by atoms with Crippen LogP contribution in [0.5, 0.6) is 11.5 Å². The van der Waals surface area contributed by atoms with E-state index in [9.17, 15) is 8.42 Å². The van der Waals surface area contributed by atoms with Crippen molar-refractivity contribution in [2.45, 2.75) is 20.8 Å². The van der Waals surface area contributed by atoms with Crippen molar-refractivity contribution in [2.75, 3.05) is 19.0 Å². The molecule has 0 aliphatic rings. The molecule has 20 heavy (non-hydrogen) atoms. The fourth-order valence-electron chi connectivity index (χ4n) is 1.76. The van der Waals surface area contributed by atoms with E-state index in [1.54, 1.807) is 6.07 Å². The van der Waals surface area contributed by atoms with Crippen molar-refractivity contribution < 1.29 is 17.9 Å². The van der Waals surface area contributed by atoms with Crippen molar-refractivity contribution >= 4 is 10.0 Å². The summed E-state index contributed by atoms with van der Waals surface area (Å²) >= 11 is 0. The number of hydrogen-bond donors (Lipinski definition) is 1. The second-order valence-electron chi connectivity index (χ2n) is 5.05. The van der Waals surface area contributed by atoms with Crippen molar-refractivity contribution in [3.8, 4) is 11.5 Å². The number of hydrogen-bond acceptors (Lipinski definition) is 4. The molecule has 0 saturated carbocycles. The molecule has 114 valence electrons. The van der Waals surface area contributed by atoms with E-state index < -0.39 is 10.0 Å². The highest BCUT2D eigenvalue weighted by Gasteiger charge is 2.20. The van der Waals surface area contributed by atoms with E-state index in [2.05, 4.69) is 0 Å². The van der Waals surface area contributed by atoms with Gasteiger partial charge >= 0.3 is 0 Å². The highest BCUT2D eigenvalue weighted by molar-refractivity contribution is 7.89. The molecule has 1 atom stereocenters. The fraction of sp³-hybridized carbons (Fsp3) is 0.571. The number of rotatable bonds is 8. The first kappa shape index (κ1) is 16.8. The topological polar surface area (TPSA) is 78.6 Å². The van der Waals surface area contributed by atoms with Crippen LogP contribution in [0, 0.1) is 11.8 Å². The molecule has 0 aromatic heterocycles. The van der Waals surface area contributed by atoms with Crippen LogP contribution in [-0.2, 0) is 10.0 Å². The van der Waals surface area contributed by atoms with Crippen LogP contribution in [-0.4, -0.2) is 27.4 Å². The number of nitrogens with two attached hydrogens (primary N) is 1. The lowest BCUT2D eigenvalue weighted by Gasteiger charge is -2.20. The van der Waals surface area contributed by atoms with Gasteiger partial charge in [0.2, 0.25) is 10.0 Å². The molecule has 1 aromatic carbocycles. The largest absolute Gasteiger partial charge is 0.494 e. The Morgan fingerprint density at radius 2 is 1.80 bits per heavy atom. The Bertz CT molecular complexity index is 514. The summed E-state index contributed by atoms with van der Waals surface area (Å²) in [6, 6.07) is 7.29. The molecule has 0 saturated heterocycles. The van der Waals surface area contributed by atoms with Crippen LogP contribution >= 0.6 is 0 Å². The van der Waals surface area contributed by atoms with Gasteiger partial charge in [-0.1, -0.05) is 19.9 Å². The zero-order chi connectivity index (χ0) is 15.2. The number of sulfonamides is 1. The van der Waals surface area contributed by atoms with E-state index in [1.165, 1.54) is 0 Å². The van der Waals surface area contributed by atoms with Gasteiger partial charge in [0.1, 0.15) is 11.5 Å². The standard InChI is InChI=1S/C14H23NO4S/c1-4-18-13-6-5-7-14(8-13)19-9-12(11(2)3)10-20(15,16)17/h5-8,11-12H,4,9-10H2,1-3H3,(H2,15,16,17). The molecule has 5 nitrogen and oxygen atoms in total. The normalized spacial score (nSPS) is 13.2. The quantitative estimate of drug-likeness (QED) is 0.797. The molecule has 0 radical (unpaired) electrons. The van der Waals surface area contributed by atoms with E-state index >= 15 is 0 Å². The van der Waals surface area contributed by atoms with Crippen LogP contribution in [0.3, 0.4) is 0 Å². The average molecular weight is 301 g/mol. The van der Waals surface area contributed by atoms with Crippen molar-refractivity contribution in [1.29, 1.82) is 0 Å². The van der Waals surface area contributed by atoms with Crippen molar-refractivity contribution in [3.05, 3.63) is 24.3 Å². The third-order valence-electron chi connectivity index (χ3n) is 2.97. The van der Waals surface area contributed by atoms with Gasteiger partial charge in [-0.05, 0) is 25.0 Å². The van der Waals surface area contributed by atoms with Crippen LogP contribution in [0.15, 0.2) is 24.3 Å². The summed E-state index contributed by atoms with van der Waals surface area (Å²) in [5.74, 6) is 1.35. The average Bonchev–Trinajstić information content (AvgIpc) is 2.34. The first-order valence-electron chi connectivity index (χ1n) is 6.68. The smallest absolute Gasteiger partial charge is 0.209 e. The van der Waals surface area contributed by atoms with Crippen LogP contribution in [0.25, 0.3) is 0 Å². The van der Waals surface area contributed by atoms with Gasteiger partial charge in [0.05, 0.1) is 19.0 Å². The summed E-state index contributed by atoms with van der Waals surface area (Å²) in [4.78, 5) is 0. The van der Waals surface area contributed by atoms with Crippen molar-refractivity contribution in [3.63, 3.8) is 0 Å². The first-order valence-corrected chi connectivity index (χ1v) is 8.39. The van der Waals surface area contributed by atoms with Crippen LogP contribution in [0.2, 0.25) is 0 Å². The Labute approximate surface area is 121 Å². The van der Waals surface area contributed by atoms with Crippen LogP contribution in [0.4, 0.5) is 0 Å². The minimum Gasteiger partial charge on any atom is -0.494 e. The number of benzene rings is 1. The third kappa shape index (κ3) is 6.25. The van der Waals surface area contributed by atoms with E-state index in [0.717, 1.165) is 5.75 Å². The summed E-state index contributed by atoms with van der Waals surface area (Å²) in [5, 5.41) is 5.10. The van der Waals surface area contributed by atoms with E-state index in [4.69, 9.17) is 14.6 Å². The highest BCUT2D eigenvalue weighted by atomic mass is 32.2. The van der Waals surface area contributed by atoms with Gasteiger partial charge < -0.3 is 9.47 Å². The second-order valence-corrected chi connectivity index (χ2v) is 6.71. The Hall–Kier alpha value is -1.27. The molecule has 2 N–H and O–H groups in total. The predicted molar refractivity (Wildman–Crippen MR) is 79.4 cm³/mol. The van der Waals surface area contributed by atoms with E-state index in [-0.39, 0.29) is 17.6 Å². The van der Waals surface area contributed by atoms with Gasteiger partial charge in [-0.2, -0.15) is 0 Å². The lowest BCUT2D eigenvalue weighted by Crippen LogP contribution is -2.30. The van der Waals surface area contributed by atoms with Gasteiger partial charge in [0.25, 0.3) is 0 Å². The summed E-state index contributed by atoms with van der Waals surface area (Å²) < 4.78 is 33.4. The summed E-state index contributed by atoms with van der Waals surface area (Å²) in [6.45, 7) is 6.72. The minimum absolute atomic E-state index is 0.0736. The molecule has 0 aliphatic carbocycles. The molecule has 0 fully saturated rings. The van der Waals surface area contributed by atoms with E-state index in [0.29, 0.717) is 19.0 Å². The molecule has 1 aromatic rings. The maximum atomic E-state index is 11.2. The van der Waals surface area contributed by atoms with Crippen molar-refractivity contribution in [1.82, 2.24) is 0 Å². The van der Waals surface area contributed by atoms with Crippen LogP contribution < -0.4 is 14.6 Å². The molecule has 6 heteroatoms. The summed E-state index contributed by atoms with van der Waals surface area (Å²) in [6.07, 6.45) is 0. The highest BCUT2D eigenvalue weighted by Crippen LogP contribution is 2.21. The Balaban J connectivity index is 2.65. The lowest BCUT2D eigenvalue weighted by molar-refractivity contribution is 0.223. The fourth-order valence-corrected chi connectivity index (χ4v) is 2.83. The van der Waals surface area contributed by atoms with Crippen molar-refractivity contribution in [2.24, 2.45) is 17.0 Å². The maximum Gasteiger partial charge on any atom is 0.209 e. The SMILES string of the molecule is CCOc1cccc(OCC(CS(N)(=O)=O)C(C)C)c1. The maximum absolute atomic E-state index is 11.2. The molecule has 0 spiro atoms. The molecule has 1 rings (SSSR count). The summed E-state index contributed by atoms with van der Waals surface area (Å²) in [5.41, 5.74) is 0. The zero-order valence-electron chi connectivity index (χ0n) is 12.2. The van der Waals surface area contributed by atoms with Crippen LogP contribution in [0.1, 0.15) is 20.8 Å². The predicted octanol–water partition coefficient (Wildman–Crippen LogP) is 2.02. The van der Waals surface area contributed by atoms with Gasteiger partial charge in [0.15, 0.2) is 0 Å². The second kappa shape index (κ2) is 7.50. The molecular weight excluding hydrogens is 278 g/mol. The van der Waals surface area contributed by atoms with E-state index in [1.807, 2.05) is 39.0 Å². The minimum atomic E-state index is -3.49. The Morgan fingerprint density at radius 1 is 1.20 bits per heavy atom. The molecule has 0 aliphatic heterocycles. The monoisotopic (exact) mass is 301 g/mol. The first-order chi connectivity index (χ1) is 9.31.